The van der Waals surface area contributed by atoms with E-state index in [1.54, 1.807) is 0 Å². The molecule has 0 aromatic heterocycles. The summed E-state index contributed by atoms with van der Waals surface area (Å²) in [6.07, 6.45) is 7.10. The van der Waals surface area contributed by atoms with Gasteiger partial charge in [0.15, 0.2) is 10.8 Å². The van der Waals surface area contributed by atoms with Crippen LogP contribution in [0.3, 0.4) is 0 Å². The predicted octanol–water partition coefficient (Wildman–Crippen LogP) is 4.63. The van der Waals surface area contributed by atoms with Crippen molar-refractivity contribution in [3.05, 3.63) is 30.3 Å². The highest BCUT2D eigenvalue weighted by Gasteiger charge is 2.61. The molecule has 2 nitrogen and oxygen atoms in total. The van der Waals surface area contributed by atoms with Gasteiger partial charge >= 0.3 is 0 Å². The molecule has 3 heteroatoms. The Balaban J connectivity index is 1.43. The van der Waals surface area contributed by atoms with Crippen molar-refractivity contribution in [3.8, 4) is 0 Å². The molecule has 4 bridgehead atoms. The number of ether oxygens (including phenoxy) is 1. The quantitative estimate of drug-likeness (QED) is 0.754. The highest BCUT2D eigenvalue weighted by Crippen LogP contribution is 2.64. The van der Waals surface area contributed by atoms with Crippen LogP contribution in [0.25, 0.3) is 0 Å². The third kappa shape index (κ3) is 1.89. The lowest BCUT2D eigenvalue weighted by Gasteiger charge is -2.58. The second kappa shape index (κ2) is 4.52. The van der Waals surface area contributed by atoms with Crippen molar-refractivity contribution in [3.63, 3.8) is 0 Å². The van der Waals surface area contributed by atoms with Crippen LogP contribution in [0.5, 0.6) is 0 Å². The van der Waals surface area contributed by atoms with E-state index in [4.69, 9.17) is 9.73 Å². The van der Waals surface area contributed by atoms with E-state index in [1.807, 2.05) is 18.2 Å². The van der Waals surface area contributed by atoms with Gasteiger partial charge < -0.3 is 4.74 Å². The lowest BCUT2D eigenvalue weighted by atomic mass is 9.54. The minimum absolute atomic E-state index is 0.0844. The molecule has 1 aromatic carbocycles. The summed E-state index contributed by atoms with van der Waals surface area (Å²) >= 11 is 2.05. The van der Waals surface area contributed by atoms with Crippen molar-refractivity contribution >= 4 is 23.3 Å². The largest absolute Gasteiger partial charge is 0.462 e. The summed E-state index contributed by atoms with van der Waals surface area (Å²) in [6.45, 7) is 0. The van der Waals surface area contributed by atoms with Gasteiger partial charge in [-0.05, 0) is 56.1 Å². The van der Waals surface area contributed by atoms with Crippen LogP contribution in [0.2, 0.25) is 0 Å². The maximum absolute atomic E-state index is 6.54. The van der Waals surface area contributed by atoms with Crippen molar-refractivity contribution in [2.24, 2.45) is 28.7 Å². The molecule has 0 N–H and O–H groups in total. The molecule has 21 heavy (non-hydrogen) atoms. The van der Waals surface area contributed by atoms with E-state index in [-0.39, 0.29) is 4.93 Å². The van der Waals surface area contributed by atoms with Gasteiger partial charge in [0, 0.05) is 11.8 Å². The minimum Gasteiger partial charge on any atom is -0.462 e. The Morgan fingerprint density at radius 3 is 2.29 bits per heavy atom. The highest BCUT2D eigenvalue weighted by molar-refractivity contribution is 8.01. The van der Waals surface area contributed by atoms with Gasteiger partial charge in [0.1, 0.15) is 0 Å². The summed E-state index contributed by atoms with van der Waals surface area (Å²) < 4.78 is 6.54. The standard InChI is InChI=1S/C18H21NOS/c1-2-4-16(5-3-1)19-17-11-21-18(20-17)14-7-12-6-13(9-14)10-15(18)8-12/h1-5,12-15H,6-11H2. The van der Waals surface area contributed by atoms with Crippen LogP contribution in [0.4, 0.5) is 5.69 Å². The summed E-state index contributed by atoms with van der Waals surface area (Å²) in [5, 5.41) is 0. The Labute approximate surface area is 130 Å². The normalized spacial score (nSPS) is 45.4. The van der Waals surface area contributed by atoms with Crippen molar-refractivity contribution in [2.75, 3.05) is 5.75 Å². The number of nitrogens with zero attached hydrogens (tertiary/aromatic N) is 1. The number of para-hydroxylation sites is 1. The van der Waals surface area contributed by atoms with Crippen LogP contribution >= 0.6 is 11.8 Å². The predicted molar refractivity (Wildman–Crippen MR) is 86.9 cm³/mol. The van der Waals surface area contributed by atoms with Gasteiger partial charge in [0.05, 0.1) is 11.4 Å². The third-order valence-corrected chi connectivity index (χ3v) is 7.58. The number of hydrogen-bond donors (Lipinski definition) is 0. The average molecular weight is 299 g/mol. The monoisotopic (exact) mass is 299 g/mol. The molecule has 1 saturated heterocycles. The topological polar surface area (TPSA) is 21.6 Å². The van der Waals surface area contributed by atoms with Crippen molar-refractivity contribution < 1.29 is 4.74 Å². The molecule has 4 aliphatic carbocycles. The molecule has 0 atom stereocenters. The van der Waals surface area contributed by atoms with Gasteiger partial charge in [-0.3, -0.25) is 0 Å². The van der Waals surface area contributed by atoms with Gasteiger partial charge in [-0.25, -0.2) is 4.99 Å². The average Bonchev–Trinajstić information content (AvgIpc) is 2.90. The van der Waals surface area contributed by atoms with Crippen LogP contribution in [-0.4, -0.2) is 16.6 Å². The van der Waals surface area contributed by atoms with Gasteiger partial charge in [0.2, 0.25) is 0 Å². The Morgan fingerprint density at radius 1 is 0.952 bits per heavy atom. The second-order valence-corrected chi connectivity index (χ2v) is 8.47. The fourth-order valence-electron chi connectivity index (χ4n) is 5.36. The molecule has 0 amide bonds. The zero-order valence-corrected chi connectivity index (χ0v) is 13.0. The van der Waals surface area contributed by atoms with E-state index in [1.165, 1.54) is 32.1 Å². The Hall–Kier alpha value is -0.960. The first-order valence-corrected chi connectivity index (χ1v) is 9.26. The van der Waals surface area contributed by atoms with Gasteiger partial charge in [-0.15, -0.1) is 11.8 Å². The molecule has 5 fully saturated rings. The molecule has 1 aromatic rings. The summed E-state index contributed by atoms with van der Waals surface area (Å²) in [4.78, 5) is 4.82. The van der Waals surface area contributed by atoms with Crippen molar-refractivity contribution in [1.82, 2.24) is 0 Å². The first-order valence-electron chi connectivity index (χ1n) is 8.27. The maximum Gasteiger partial charge on any atom is 0.200 e. The van der Waals surface area contributed by atoms with Crippen LogP contribution in [-0.2, 0) is 4.74 Å². The Bertz CT molecular complexity index is 554. The molecule has 5 aliphatic rings. The molecule has 6 rings (SSSR count). The van der Waals surface area contributed by atoms with Crippen molar-refractivity contribution in [1.29, 1.82) is 0 Å². The van der Waals surface area contributed by atoms with Gasteiger partial charge in [-0.2, -0.15) is 0 Å². The molecule has 1 heterocycles. The highest BCUT2D eigenvalue weighted by atomic mass is 32.2. The van der Waals surface area contributed by atoms with E-state index in [0.717, 1.165) is 41.0 Å². The molecule has 1 spiro atoms. The SMILES string of the molecule is c1ccc(N=C2CSC3(O2)C2CC4CC(C2)CC3C4)cc1. The van der Waals surface area contributed by atoms with E-state index in [2.05, 4.69) is 23.9 Å². The molecular formula is C18H21NOS. The lowest BCUT2D eigenvalue weighted by Crippen LogP contribution is -2.55. The first-order chi connectivity index (χ1) is 10.3. The van der Waals surface area contributed by atoms with Crippen LogP contribution < -0.4 is 0 Å². The fourth-order valence-corrected chi connectivity index (χ4v) is 6.85. The summed E-state index contributed by atoms with van der Waals surface area (Å²) in [6, 6.07) is 10.2. The smallest absolute Gasteiger partial charge is 0.200 e. The molecular weight excluding hydrogens is 278 g/mol. The van der Waals surface area contributed by atoms with Crippen LogP contribution in [0, 0.1) is 23.7 Å². The van der Waals surface area contributed by atoms with Gasteiger partial charge in [-0.1, -0.05) is 18.2 Å². The minimum atomic E-state index is 0.0844. The van der Waals surface area contributed by atoms with E-state index in [0.29, 0.717) is 0 Å². The molecule has 110 valence electrons. The van der Waals surface area contributed by atoms with E-state index in [9.17, 15) is 0 Å². The van der Waals surface area contributed by atoms with Crippen LogP contribution in [0.1, 0.15) is 32.1 Å². The number of thioether (sulfide) groups is 1. The maximum atomic E-state index is 6.54. The zero-order valence-electron chi connectivity index (χ0n) is 12.2. The number of benzene rings is 1. The number of rotatable bonds is 1. The third-order valence-electron chi connectivity index (χ3n) is 5.98. The zero-order chi connectivity index (χ0) is 13.9. The second-order valence-electron chi connectivity index (χ2n) is 7.26. The van der Waals surface area contributed by atoms with E-state index >= 15 is 0 Å². The lowest BCUT2D eigenvalue weighted by molar-refractivity contribution is -0.103. The molecule has 0 radical (unpaired) electrons. The van der Waals surface area contributed by atoms with Crippen molar-refractivity contribution in [2.45, 2.75) is 37.0 Å². The first kappa shape index (κ1) is 12.6. The van der Waals surface area contributed by atoms with E-state index < -0.39 is 0 Å². The summed E-state index contributed by atoms with van der Waals surface area (Å²) in [7, 11) is 0. The molecule has 1 aliphatic heterocycles. The number of hydrogen-bond acceptors (Lipinski definition) is 3. The summed E-state index contributed by atoms with van der Waals surface area (Å²) in [5.74, 6) is 5.47. The fraction of sp³-hybridized carbons (Fsp3) is 0.611. The summed E-state index contributed by atoms with van der Waals surface area (Å²) in [5.41, 5.74) is 1.02. The Kier molecular flexibility index (Phi) is 2.70. The van der Waals surface area contributed by atoms with Crippen LogP contribution in [0.15, 0.2) is 35.3 Å². The molecule has 0 unspecified atom stereocenters. The Morgan fingerprint density at radius 2 is 1.62 bits per heavy atom. The molecule has 4 saturated carbocycles. The number of aliphatic imine (C=N–C) groups is 1. The van der Waals surface area contributed by atoms with Gasteiger partial charge in [0.25, 0.3) is 0 Å².